The summed E-state index contributed by atoms with van der Waals surface area (Å²) >= 11 is 6.33. The van der Waals surface area contributed by atoms with Crippen LogP contribution < -0.4 is 5.56 Å². The third kappa shape index (κ3) is 5.09. The fourth-order valence-electron chi connectivity index (χ4n) is 3.55. The first-order valence-electron chi connectivity index (χ1n) is 9.78. The topological polar surface area (TPSA) is 104 Å². The molecule has 1 saturated carbocycles. The Hall–Kier alpha value is -2.22. The van der Waals surface area contributed by atoms with Gasteiger partial charge in [-0.3, -0.25) is 9.59 Å². The van der Waals surface area contributed by atoms with Crippen molar-refractivity contribution in [3.63, 3.8) is 0 Å². The zero-order chi connectivity index (χ0) is 21.9. The average Bonchev–Trinajstić information content (AvgIpc) is 3.11. The highest BCUT2D eigenvalue weighted by atomic mass is 35.5. The summed E-state index contributed by atoms with van der Waals surface area (Å²) in [6.45, 7) is 1.49. The maximum absolute atomic E-state index is 12.5. The molecule has 30 heavy (non-hydrogen) atoms. The lowest BCUT2D eigenvalue weighted by molar-refractivity contribution is -0.117. The zero-order valence-corrected chi connectivity index (χ0v) is 18.2. The quantitative estimate of drug-likeness (QED) is 0.674. The number of aliphatic hydroxyl groups excluding tert-OH is 1. The molecule has 0 saturated heterocycles. The van der Waals surface area contributed by atoms with Gasteiger partial charge in [-0.15, -0.1) is 0 Å². The molecule has 0 spiro atoms. The Morgan fingerprint density at radius 2 is 2.03 bits per heavy atom. The van der Waals surface area contributed by atoms with Crippen molar-refractivity contribution in [3.05, 3.63) is 68.6 Å². The summed E-state index contributed by atoms with van der Waals surface area (Å²) in [6, 6.07) is 8.17. The number of pyridine rings is 1. The number of carbonyl (C=O) groups is 1. The fraction of sp³-hybridized carbons (Fsp3) is 0.364. The smallest absolute Gasteiger partial charge is 0.251 e. The first-order valence-corrected chi connectivity index (χ1v) is 11.8. The van der Waals surface area contributed by atoms with Gasteiger partial charge in [0.05, 0.1) is 15.7 Å². The molecule has 1 aromatic carbocycles. The highest BCUT2D eigenvalue weighted by Crippen LogP contribution is 2.33. The number of ketones is 1. The zero-order valence-electron chi connectivity index (χ0n) is 16.7. The number of nitrogens with one attached hydrogen (secondary N) is 1. The third-order valence-corrected chi connectivity index (χ3v) is 7.51. The highest BCUT2D eigenvalue weighted by Gasteiger charge is 2.23. The van der Waals surface area contributed by atoms with Gasteiger partial charge in [0.1, 0.15) is 5.78 Å². The molecule has 1 fully saturated rings. The lowest BCUT2D eigenvalue weighted by Crippen LogP contribution is -2.12. The van der Waals surface area contributed by atoms with Crippen LogP contribution >= 0.6 is 11.6 Å². The van der Waals surface area contributed by atoms with E-state index in [-0.39, 0.29) is 46.0 Å². The molecule has 2 N–H and O–H groups in total. The molecule has 8 heteroatoms. The number of sulfone groups is 1. The number of hydrogen-bond donors (Lipinski definition) is 2. The van der Waals surface area contributed by atoms with Crippen LogP contribution in [0.3, 0.4) is 0 Å². The predicted molar refractivity (Wildman–Crippen MR) is 116 cm³/mol. The number of aromatic amines is 1. The van der Waals surface area contributed by atoms with Crippen molar-refractivity contribution in [2.75, 3.05) is 12.4 Å². The normalized spacial score (nSPS) is 17.5. The summed E-state index contributed by atoms with van der Waals surface area (Å²) in [4.78, 5) is 26.7. The molecule has 0 amide bonds. The van der Waals surface area contributed by atoms with Gasteiger partial charge in [0.2, 0.25) is 0 Å². The molecule has 0 aliphatic heterocycles. The Bertz CT molecular complexity index is 1150. The van der Waals surface area contributed by atoms with E-state index in [0.29, 0.717) is 35.2 Å². The van der Waals surface area contributed by atoms with Gasteiger partial charge >= 0.3 is 0 Å². The van der Waals surface area contributed by atoms with Crippen LogP contribution in [0.5, 0.6) is 0 Å². The summed E-state index contributed by atoms with van der Waals surface area (Å²) < 4.78 is 24.9. The van der Waals surface area contributed by atoms with E-state index in [1.807, 2.05) is 6.08 Å². The molecule has 1 aliphatic carbocycles. The van der Waals surface area contributed by atoms with Crippen molar-refractivity contribution in [1.29, 1.82) is 0 Å². The predicted octanol–water partition coefficient (Wildman–Crippen LogP) is 3.29. The van der Waals surface area contributed by atoms with Crippen LogP contribution in [0.4, 0.5) is 0 Å². The van der Waals surface area contributed by atoms with Gasteiger partial charge in [-0.25, -0.2) is 8.42 Å². The molecular formula is C22H24ClNO5S. The van der Waals surface area contributed by atoms with E-state index in [9.17, 15) is 18.0 Å². The van der Waals surface area contributed by atoms with Crippen molar-refractivity contribution >= 4 is 32.8 Å². The summed E-state index contributed by atoms with van der Waals surface area (Å²) in [5.41, 5.74) is 2.30. The van der Waals surface area contributed by atoms with E-state index >= 15 is 0 Å². The largest absolute Gasteiger partial charge is 0.396 e. The van der Waals surface area contributed by atoms with E-state index in [0.717, 1.165) is 6.42 Å². The SMILES string of the molecule is Cc1ccc(/C(=C/C2CCC(=O)C2)c2ccc(S(=O)(=O)CCCO)c(Cl)c2)[nH]c1=O. The van der Waals surface area contributed by atoms with Crippen LogP contribution in [0.1, 0.15) is 42.5 Å². The Kier molecular flexibility index (Phi) is 6.95. The van der Waals surface area contributed by atoms with Gasteiger partial charge in [-0.2, -0.15) is 0 Å². The molecule has 1 unspecified atom stereocenters. The van der Waals surface area contributed by atoms with Gasteiger partial charge in [-0.1, -0.05) is 29.8 Å². The van der Waals surface area contributed by atoms with Crippen LogP contribution in [0.2, 0.25) is 5.02 Å². The Morgan fingerprint density at radius 1 is 1.27 bits per heavy atom. The summed E-state index contributed by atoms with van der Waals surface area (Å²) in [5, 5.41) is 9.00. The molecule has 0 bridgehead atoms. The molecule has 1 aliphatic rings. The van der Waals surface area contributed by atoms with Gasteiger partial charge in [0.15, 0.2) is 9.84 Å². The minimum atomic E-state index is -3.62. The maximum Gasteiger partial charge on any atom is 0.251 e. The van der Waals surface area contributed by atoms with Gasteiger partial charge < -0.3 is 10.1 Å². The second kappa shape index (κ2) is 9.29. The summed E-state index contributed by atoms with van der Waals surface area (Å²) in [7, 11) is -3.62. The van der Waals surface area contributed by atoms with Crippen LogP contribution in [0.25, 0.3) is 5.57 Å². The molecular weight excluding hydrogens is 426 g/mol. The molecule has 3 rings (SSSR count). The number of carbonyl (C=O) groups excluding carboxylic acids is 1. The van der Waals surface area contributed by atoms with Gasteiger partial charge in [0, 0.05) is 36.3 Å². The lowest BCUT2D eigenvalue weighted by atomic mass is 9.96. The number of aromatic nitrogens is 1. The van der Waals surface area contributed by atoms with Gasteiger partial charge in [-0.05, 0) is 49.4 Å². The maximum atomic E-state index is 12.5. The number of Topliss-reactive ketones (excluding diaryl/α,β-unsaturated/α-hetero) is 1. The highest BCUT2D eigenvalue weighted by molar-refractivity contribution is 7.91. The van der Waals surface area contributed by atoms with E-state index < -0.39 is 9.84 Å². The minimum absolute atomic E-state index is 0.00848. The number of halogens is 1. The third-order valence-electron chi connectivity index (χ3n) is 5.23. The summed E-state index contributed by atoms with van der Waals surface area (Å²) in [6.07, 6.45) is 3.80. The molecule has 1 heterocycles. The average molecular weight is 450 g/mol. The van der Waals surface area contributed by atoms with Crippen molar-refractivity contribution in [3.8, 4) is 0 Å². The lowest BCUT2D eigenvalue weighted by Gasteiger charge is -2.14. The second-order valence-corrected chi connectivity index (χ2v) is 10.0. The first kappa shape index (κ1) is 22.5. The fourth-order valence-corrected chi connectivity index (χ4v) is 5.44. The van der Waals surface area contributed by atoms with Crippen LogP contribution in [-0.2, 0) is 14.6 Å². The number of allylic oxidation sites excluding steroid dienone is 1. The Morgan fingerprint density at radius 3 is 2.63 bits per heavy atom. The van der Waals surface area contributed by atoms with Crippen LogP contribution in [0.15, 0.2) is 46.1 Å². The monoisotopic (exact) mass is 449 g/mol. The molecule has 160 valence electrons. The molecule has 1 aromatic heterocycles. The van der Waals surface area contributed by atoms with Crippen LogP contribution in [-0.4, -0.2) is 36.7 Å². The number of rotatable bonds is 7. The second-order valence-electron chi connectivity index (χ2n) is 7.55. The van der Waals surface area contributed by atoms with E-state index in [4.69, 9.17) is 16.7 Å². The van der Waals surface area contributed by atoms with E-state index in [2.05, 4.69) is 4.98 Å². The summed E-state index contributed by atoms with van der Waals surface area (Å²) in [5.74, 6) is 0.0567. The van der Waals surface area contributed by atoms with E-state index in [1.54, 1.807) is 31.2 Å². The van der Waals surface area contributed by atoms with E-state index in [1.165, 1.54) is 6.07 Å². The molecule has 0 radical (unpaired) electrons. The number of aliphatic hydroxyl groups is 1. The van der Waals surface area contributed by atoms with Gasteiger partial charge in [0.25, 0.3) is 5.56 Å². The van der Waals surface area contributed by atoms with Crippen molar-refractivity contribution in [2.45, 2.75) is 37.5 Å². The Balaban J connectivity index is 2.06. The molecule has 6 nitrogen and oxygen atoms in total. The van der Waals surface area contributed by atoms with Crippen molar-refractivity contribution in [2.24, 2.45) is 5.92 Å². The first-order chi connectivity index (χ1) is 14.2. The van der Waals surface area contributed by atoms with Crippen LogP contribution in [0, 0.1) is 12.8 Å². The number of benzene rings is 1. The molecule has 2 aromatic rings. The number of aryl methyl sites for hydroxylation is 1. The number of hydrogen-bond acceptors (Lipinski definition) is 5. The van der Waals surface area contributed by atoms with Crippen molar-refractivity contribution in [1.82, 2.24) is 4.98 Å². The minimum Gasteiger partial charge on any atom is -0.396 e. The molecule has 1 atom stereocenters. The number of H-pyrrole nitrogens is 1. The van der Waals surface area contributed by atoms with Crippen molar-refractivity contribution < 1.29 is 18.3 Å². The Labute approximate surface area is 180 Å². The standard InChI is InChI=1S/C22H24ClNO5S/c1-14-3-7-20(24-22(14)27)18(12-15-4-6-17(26)11-15)16-5-8-21(19(23)13-16)30(28,29)10-2-9-25/h3,5,7-8,12-13,15,25H,2,4,6,9-11H2,1H3,(H,24,27)/b18-12+.